The maximum absolute atomic E-state index is 17.6. The predicted molar refractivity (Wildman–Crippen MR) is 216 cm³/mol. The molecule has 0 aliphatic carbocycles. The summed E-state index contributed by atoms with van der Waals surface area (Å²) in [7, 11) is 0. The van der Waals surface area contributed by atoms with Crippen LogP contribution in [-0.4, -0.2) is 81.2 Å². The van der Waals surface area contributed by atoms with E-state index in [2.05, 4.69) is 20.9 Å². The number of ether oxygens (including phenoxy) is 2. The van der Waals surface area contributed by atoms with Gasteiger partial charge in [-0.15, -0.1) is 6.42 Å². The highest BCUT2D eigenvalue weighted by Crippen LogP contribution is 2.42. The van der Waals surface area contributed by atoms with Crippen LogP contribution in [0.15, 0.2) is 54.7 Å². The van der Waals surface area contributed by atoms with Crippen molar-refractivity contribution >= 4 is 39.4 Å². The monoisotopic (exact) mass is 904 g/mol. The first-order valence-corrected chi connectivity index (χ1v) is 20.4. The Morgan fingerprint density at radius 2 is 1.49 bits per heavy atom. The van der Waals surface area contributed by atoms with Crippen LogP contribution >= 0.6 is 0 Å². The van der Waals surface area contributed by atoms with Crippen molar-refractivity contribution < 1.29 is 58.6 Å². The Hall–Kier alpha value is -6.94. The van der Waals surface area contributed by atoms with E-state index >= 15 is 8.78 Å². The topological polar surface area (TPSA) is 101 Å². The molecule has 3 aliphatic rings. The summed E-state index contributed by atoms with van der Waals surface area (Å²) in [6.45, 7) is 0.706. The zero-order chi connectivity index (χ0) is 45.9. The first-order valence-electron chi connectivity index (χ1n) is 20.4. The summed E-state index contributed by atoms with van der Waals surface area (Å²) in [6, 6.07) is 6.07. The molecule has 0 unspecified atom stereocenters. The van der Waals surface area contributed by atoms with Crippen molar-refractivity contribution in [2.24, 2.45) is 0 Å². The van der Waals surface area contributed by atoms with Gasteiger partial charge in [0.05, 0.1) is 22.1 Å². The van der Waals surface area contributed by atoms with E-state index in [1.165, 1.54) is 17.1 Å². The largest absolute Gasteiger partial charge is 0.461 e. The summed E-state index contributed by atoms with van der Waals surface area (Å²) in [5, 5.41) is 2.39. The molecule has 0 N–H and O–H groups in total. The van der Waals surface area contributed by atoms with Gasteiger partial charge in [-0.3, -0.25) is 19.7 Å². The fourth-order valence-electron chi connectivity index (χ4n) is 8.96. The Labute approximate surface area is 363 Å². The maximum Gasteiger partial charge on any atom is 0.343 e. The Morgan fingerprint density at radius 3 is 2.20 bits per heavy atom. The van der Waals surface area contributed by atoms with Crippen LogP contribution in [0.4, 0.5) is 45.3 Å². The van der Waals surface area contributed by atoms with Crippen LogP contribution < -0.4 is 14.5 Å². The van der Waals surface area contributed by atoms with Gasteiger partial charge in [0.2, 0.25) is 0 Å². The second-order valence-corrected chi connectivity index (χ2v) is 16.0. The number of esters is 1. The Balaban J connectivity index is 1.21. The van der Waals surface area contributed by atoms with Crippen LogP contribution in [0.2, 0.25) is 0 Å². The van der Waals surface area contributed by atoms with Crippen molar-refractivity contribution in [3.63, 3.8) is 0 Å². The van der Waals surface area contributed by atoms with E-state index in [0.717, 1.165) is 29.8 Å². The van der Waals surface area contributed by atoms with Gasteiger partial charge in [-0.1, -0.05) is 12.0 Å². The van der Waals surface area contributed by atoms with Gasteiger partial charge in [0.1, 0.15) is 35.6 Å². The van der Waals surface area contributed by atoms with Crippen molar-refractivity contribution in [2.75, 3.05) is 37.8 Å². The molecule has 6 aromatic rings. The molecule has 9 rings (SSSR count). The van der Waals surface area contributed by atoms with Gasteiger partial charge in [-0.2, -0.15) is 9.97 Å². The number of anilines is 1. The molecule has 0 spiro atoms. The lowest BCUT2D eigenvalue weighted by Crippen LogP contribution is -2.47. The molecular formula is C46H33F9N6O4. The molecule has 65 heavy (non-hydrogen) atoms. The minimum absolute atomic E-state index is 0.0276. The number of aromatic nitrogens is 3. The lowest BCUT2D eigenvalue weighted by molar-refractivity contribution is 0.0727. The number of amides is 1. The first kappa shape index (κ1) is 43.3. The van der Waals surface area contributed by atoms with Crippen LogP contribution in [0.1, 0.15) is 64.8 Å². The highest BCUT2D eigenvalue weighted by atomic mass is 19.2. The van der Waals surface area contributed by atoms with E-state index in [-0.39, 0.29) is 71.5 Å². The summed E-state index contributed by atoms with van der Waals surface area (Å²) in [5.41, 5.74) is -3.56. The fraction of sp³-hybridized carbons (Fsp3) is 0.283. The van der Waals surface area contributed by atoms with E-state index in [1.807, 2.05) is 4.90 Å². The Bertz CT molecular complexity index is 2960. The van der Waals surface area contributed by atoms with Crippen LogP contribution in [0.25, 0.3) is 32.9 Å². The number of hydrazine groups is 1. The zero-order valence-corrected chi connectivity index (χ0v) is 33.8. The summed E-state index contributed by atoms with van der Waals surface area (Å²) in [4.78, 5) is 42.6. The third-order valence-corrected chi connectivity index (χ3v) is 12.0. The summed E-state index contributed by atoms with van der Waals surface area (Å²) >= 11 is 0. The molecular weight excluding hydrogens is 872 g/mol. The molecule has 4 aromatic carbocycles. The number of pyridine rings is 1. The van der Waals surface area contributed by atoms with Gasteiger partial charge in [-0.05, 0) is 86.5 Å². The second-order valence-electron chi connectivity index (χ2n) is 16.0. The minimum atomic E-state index is -1.82. The number of hydrogen-bond acceptors (Lipinski definition) is 9. The van der Waals surface area contributed by atoms with E-state index in [1.54, 1.807) is 0 Å². The number of terminal acetylenes is 1. The van der Waals surface area contributed by atoms with Crippen molar-refractivity contribution in [1.29, 1.82) is 0 Å². The molecule has 2 atom stereocenters. The van der Waals surface area contributed by atoms with Crippen LogP contribution in [0.5, 0.6) is 11.8 Å². The number of carbonyl (C=O) groups is 2. The SMILES string of the molecule is C#Cc1c(F)ccc2cc(OC(=O)c3cc(F)c(F)c(F)c3)cc(-c3ncc4c(N5CCCCCN5C(=O)c5cc(F)c(F)c(F)c5)nc(OC[C@@]56CCCN5C[C@H](F)C6)nc4c3F)c12. The van der Waals surface area contributed by atoms with Crippen LogP contribution in [0, 0.1) is 58.9 Å². The third-order valence-electron chi connectivity index (χ3n) is 12.0. The zero-order valence-electron chi connectivity index (χ0n) is 33.8. The Kier molecular flexibility index (Phi) is 11.3. The van der Waals surface area contributed by atoms with E-state index in [0.29, 0.717) is 56.5 Å². The lowest BCUT2D eigenvalue weighted by Gasteiger charge is -2.35. The summed E-state index contributed by atoms with van der Waals surface area (Å²) in [6.07, 6.45) is 8.69. The average molecular weight is 905 g/mol. The van der Waals surface area contributed by atoms with Crippen molar-refractivity contribution in [1.82, 2.24) is 24.9 Å². The van der Waals surface area contributed by atoms with Gasteiger partial charge in [0.25, 0.3) is 5.91 Å². The molecule has 0 saturated carbocycles. The molecule has 3 fully saturated rings. The number of alkyl halides is 1. The summed E-state index contributed by atoms with van der Waals surface area (Å²) in [5.74, 6) is -12.8. The molecule has 19 heteroatoms. The number of halogens is 9. The fourth-order valence-corrected chi connectivity index (χ4v) is 8.96. The normalized spacial score (nSPS) is 18.8. The molecule has 334 valence electrons. The first-order chi connectivity index (χ1) is 31.2. The van der Waals surface area contributed by atoms with E-state index < -0.39 is 98.5 Å². The van der Waals surface area contributed by atoms with Gasteiger partial charge in [0.15, 0.2) is 46.5 Å². The molecule has 2 aromatic heterocycles. The van der Waals surface area contributed by atoms with Gasteiger partial charge < -0.3 is 9.47 Å². The Morgan fingerprint density at radius 1 is 0.800 bits per heavy atom. The number of hydrogen-bond donors (Lipinski definition) is 0. The van der Waals surface area contributed by atoms with Crippen molar-refractivity contribution in [2.45, 2.75) is 50.2 Å². The van der Waals surface area contributed by atoms with Crippen LogP contribution in [-0.2, 0) is 0 Å². The number of carbonyl (C=O) groups excluding carboxylic acids is 2. The highest BCUT2D eigenvalue weighted by Gasteiger charge is 2.49. The minimum Gasteiger partial charge on any atom is -0.461 e. The van der Waals surface area contributed by atoms with Crippen molar-refractivity contribution in [3.05, 3.63) is 118 Å². The summed E-state index contributed by atoms with van der Waals surface area (Å²) < 4.78 is 144. The third kappa shape index (κ3) is 7.79. The van der Waals surface area contributed by atoms with Crippen molar-refractivity contribution in [3.8, 4) is 35.4 Å². The smallest absolute Gasteiger partial charge is 0.343 e. The van der Waals surface area contributed by atoms with Gasteiger partial charge in [-0.25, -0.2) is 49.3 Å². The maximum atomic E-state index is 17.6. The molecule has 5 heterocycles. The molecule has 3 aliphatic heterocycles. The molecule has 0 radical (unpaired) electrons. The van der Waals surface area contributed by atoms with Gasteiger partial charge >= 0.3 is 12.0 Å². The average Bonchev–Trinajstić information content (AvgIpc) is 3.70. The lowest BCUT2D eigenvalue weighted by atomic mass is 9.95. The molecule has 10 nitrogen and oxygen atoms in total. The quantitative estimate of drug-likeness (QED) is 0.0487. The number of rotatable bonds is 8. The standard InChI is InChI=1S/C46H33F9N6O4/c1-2-28-31(48)8-7-23-13-27(65-44(63)25-16-34(51)38(54)35(52)17-25)18-29(36(23)28)40-39(55)41-30(20-56-40)42(58-45(57-41)64-22-46-9-6-10-59(46)21-26(47)19-46)60-11-4-3-5-12-61(60)43(62)24-14-32(49)37(53)33(50)15-24/h1,7-8,13-18,20,26H,3-6,9-12,19,21-22H2/t26-,46+/m1/s1. The van der Waals surface area contributed by atoms with E-state index in [4.69, 9.17) is 15.9 Å². The van der Waals surface area contributed by atoms with Gasteiger partial charge in [0, 0.05) is 48.8 Å². The number of nitrogens with zero attached hydrogens (tertiary/aromatic N) is 6. The molecule has 3 saturated heterocycles. The predicted octanol–water partition coefficient (Wildman–Crippen LogP) is 9.16. The van der Waals surface area contributed by atoms with E-state index in [9.17, 15) is 40.3 Å². The molecule has 1 amide bonds. The van der Waals surface area contributed by atoms with Crippen LogP contribution in [0.3, 0.4) is 0 Å². The number of fused-ring (bicyclic) bond motifs is 3. The highest BCUT2D eigenvalue weighted by molar-refractivity contribution is 6.04. The molecule has 0 bridgehead atoms. The second kappa shape index (κ2) is 16.9. The number of benzene rings is 4.